The molecule has 2 atom stereocenters. The first-order valence-electron chi connectivity index (χ1n) is 12.8. The van der Waals surface area contributed by atoms with Gasteiger partial charge < -0.3 is 19.1 Å². The number of rotatable bonds is 10. The molecule has 2 aliphatic heterocycles. The van der Waals surface area contributed by atoms with Crippen LogP contribution in [0.25, 0.3) is 5.65 Å². The van der Waals surface area contributed by atoms with Crippen molar-refractivity contribution in [2.45, 2.75) is 31.4 Å². The minimum atomic E-state index is -4.07. The van der Waals surface area contributed by atoms with Crippen LogP contribution in [0.2, 0.25) is 0 Å². The van der Waals surface area contributed by atoms with Gasteiger partial charge in [0, 0.05) is 45.4 Å². The van der Waals surface area contributed by atoms with Crippen LogP contribution in [0.5, 0.6) is 5.75 Å². The summed E-state index contributed by atoms with van der Waals surface area (Å²) in [5, 5.41) is 0. The molecule has 0 bridgehead atoms. The number of nitrogens with one attached hydrogen (secondary N) is 1. The van der Waals surface area contributed by atoms with Crippen molar-refractivity contribution in [3.8, 4) is 5.75 Å². The molecule has 2 unspecified atom stereocenters. The number of hydrogen-bond acceptors (Lipinski definition) is 8. The van der Waals surface area contributed by atoms with Crippen LogP contribution in [-0.4, -0.2) is 81.2 Å². The van der Waals surface area contributed by atoms with E-state index >= 15 is 0 Å². The predicted molar refractivity (Wildman–Crippen MR) is 142 cm³/mol. The lowest BCUT2D eigenvalue weighted by atomic mass is 10.0. The summed E-state index contributed by atoms with van der Waals surface area (Å²) in [6, 6.07) is 8.10. The Morgan fingerprint density at radius 2 is 2.13 bits per heavy atom. The first kappa shape index (κ1) is 27.3. The van der Waals surface area contributed by atoms with E-state index in [1.54, 1.807) is 22.7 Å². The van der Waals surface area contributed by atoms with Crippen LogP contribution in [0.3, 0.4) is 0 Å². The lowest BCUT2D eigenvalue weighted by Crippen LogP contribution is -2.43. The van der Waals surface area contributed by atoms with Crippen LogP contribution in [0.1, 0.15) is 41.4 Å². The number of ether oxygens (including phenoxy) is 3. The van der Waals surface area contributed by atoms with Crippen molar-refractivity contribution in [1.82, 2.24) is 18.4 Å². The summed E-state index contributed by atoms with van der Waals surface area (Å²) in [5.74, 6) is -0.510. The second-order valence-corrected chi connectivity index (χ2v) is 11.4. The van der Waals surface area contributed by atoms with Crippen LogP contribution in [-0.2, 0) is 19.7 Å². The zero-order chi connectivity index (χ0) is 27.6. The standard InChI is InChI=1S/C26H32FN5O6S/c1-30(11-13-36-2)39(34,35)29-26(33)23-15-28-25-8-6-19(16-32(23)25)31-10-3-4-22(31)21-14-18(27)5-7-24(21)38-20-9-12-37-17-20/h5-8,14-16,20,22H,3-4,9-13,17H2,1-2H3,(H,29,33). The fraction of sp³-hybridized carbons (Fsp3) is 0.462. The molecule has 2 saturated heterocycles. The van der Waals surface area contributed by atoms with Gasteiger partial charge in [0.15, 0.2) is 0 Å². The number of nitrogens with zero attached hydrogens (tertiary/aromatic N) is 4. The summed E-state index contributed by atoms with van der Waals surface area (Å²) in [4.78, 5) is 19.4. The fourth-order valence-corrected chi connectivity index (χ4v) is 5.78. The molecule has 2 aliphatic rings. The number of carbonyl (C=O) groups excluding carboxylic acids is 1. The third-order valence-electron chi connectivity index (χ3n) is 7.06. The van der Waals surface area contributed by atoms with Crippen molar-refractivity contribution in [2.75, 3.05) is 52.0 Å². The molecule has 0 radical (unpaired) electrons. The van der Waals surface area contributed by atoms with Gasteiger partial charge in [0.2, 0.25) is 0 Å². The number of carbonyl (C=O) groups is 1. The highest BCUT2D eigenvalue weighted by atomic mass is 32.2. The lowest BCUT2D eigenvalue weighted by Gasteiger charge is -2.29. The number of pyridine rings is 1. The van der Waals surface area contributed by atoms with Crippen LogP contribution in [0.15, 0.2) is 42.7 Å². The predicted octanol–water partition coefficient (Wildman–Crippen LogP) is 2.54. The van der Waals surface area contributed by atoms with Gasteiger partial charge in [-0.3, -0.25) is 9.20 Å². The van der Waals surface area contributed by atoms with Gasteiger partial charge in [0.1, 0.15) is 29.0 Å². The third-order valence-corrected chi connectivity index (χ3v) is 8.51. The molecule has 1 aromatic carbocycles. The number of imidazole rings is 1. The average Bonchev–Trinajstić information content (AvgIpc) is 3.68. The van der Waals surface area contributed by atoms with E-state index in [-0.39, 0.29) is 36.8 Å². The molecular weight excluding hydrogens is 529 g/mol. The quantitative estimate of drug-likeness (QED) is 0.402. The van der Waals surface area contributed by atoms with Crippen molar-refractivity contribution < 1.29 is 31.8 Å². The number of benzene rings is 1. The van der Waals surface area contributed by atoms with Crippen LogP contribution in [0, 0.1) is 5.82 Å². The lowest BCUT2D eigenvalue weighted by molar-refractivity contribution is 0.0973. The summed E-state index contributed by atoms with van der Waals surface area (Å²) < 4.78 is 60.8. The van der Waals surface area contributed by atoms with E-state index in [0.717, 1.165) is 34.8 Å². The second kappa shape index (κ2) is 11.5. The molecule has 11 nitrogen and oxygen atoms in total. The number of anilines is 1. The molecular formula is C26H32FN5O6S. The summed E-state index contributed by atoms with van der Waals surface area (Å²) in [6.07, 6.45) is 5.48. The molecule has 1 N–H and O–H groups in total. The first-order valence-corrected chi connectivity index (χ1v) is 14.3. The van der Waals surface area contributed by atoms with Gasteiger partial charge in [0.05, 0.1) is 37.7 Å². The fourth-order valence-electron chi connectivity index (χ4n) is 4.97. The molecule has 0 aliphatic carbocycles. The van der Waals surface area contributed by atoms with Gasteiger partial charge in [-0.25, -0.2) is 14.1 Å². The van der Waals surface area contributed by atoms with Gasteiger partial charge in [-0.15, -0.1) is 0 Å². The summed E-state index contributed by atoms with van der Waals surface area (Å²) >= 11 is 0. The summed E-state index contributed by atoms with van der Waals surface area (Å²) in [6.45, 7) is 2.14. The number of halogens is 1. The maximum atomic E-state index is 14.4. The second-order valence-electron chi connectivity index (χ2n) is 9.65. The van der Waals surface area contributed by atoms with Crippen LogP contribution in [0.4, 0.5) is 10.1 Å². The van der Waals surface area contributed by atoms with E-state index in [2.05, 4.69) is 14.6 Å². The third kappa shape index (κ3) is 5.86. The maximum Gasteiger partial charge on any atom is 0.303 e. The average molecular weight is 562 g/mol. The van der Waals surface area contributed by atoms with Crippen LogP contribution < -0.4 is 14.4 Å². The molecule has 13 heteroatoms. The largest absolute Gasteiger partial charge is 0.488 e. The zero-order valence-corrected chi connectivity index (χ0v) is 22.7. The topological polar surface area (TPSA) is 115 Å². The van der Waals surface area contributed by atoms with Crippen molar-refractivity contribution in [2.24, 2.45) is 0 Å². The van der Waals surface area contributed by atoms with E-state index in [4.69, 9.17) is 14.2 Å². The number of fused-ring (bicyclic) bond motifs is 1. The van der Waals surface area contributed by atoms with E-state index in [0.29, 0.717) is 31.2 Å². The van der Waals surface area contributed by atoms with Gasteiger partial charge in [-0.2, -0.15) is 12.7 Å². The highest BCUT2D eigenvalue weighted by Crippen LogP contribution is 2.41. The van der Waals surface area contributed by atoms with Crippen molar-refractivity contribution in [3.63, 3.8) is 0 Å². The molecule has 1 amide bonds. The van der Waals surface area contributed by atoms with Crippen molar-refractivity contribution in [3.05, 3.63) is 59.8 Å². The minimum absolute atomic E-state index is 0.0716. The Kier molecular flexibility index (Phi) is 8.03. The van der Waals surface area contributed by atoms with Gasteiger partial charge in [-0.05, 0) is 43.2 Å². The minimum Gasteiger partial charge on any atom is -0.488 e. The number of aromatic nitrogens is 2. The van der Waals surface area contributed by atoms with Gasteiger partial charge in [-0.1, -0.05) is 0 Å². The molecule has 0 saturated carbocycles. The normalized spacial score (nSPS) is 19.7. The molecule has 0 spiro atoms. The van der Waals surface area contributed by atoms with Gasteiger partial charge in [0.25, 0.3) is 5.91 Å². The van der Waals surface area contributed by atoms with E-state index < -0.39 is 16.1 Å². The summed E-state index contributed by atoms with van der Waals surface area (Å²) in [7, 11) is -1.25. The SMILES string of the molecule is COCCN(C)S(=O)(=O)NC(=O)c1cnc2ccc(N3CCCC3c3cc(F)ccc3OC3CCOC3)cn12. The molecule has 5 rings (SSSR count). The molecule has 2 fully saturated rings. The Morgan fingerprint density at radius 3 is 2.90 bits per heavy atom. The highest BCUT2D eigenvalue weighted by Gasteiger charge is 2.31. The van der Waals surface area contributed by atoms with Crippen molar-refractivity contribution >= 4 is 27.5 Å². The zero-order valence-electron chi connectivity index (χ0n) is 21.9. The smallest absolute Gasteiger partial charge is 0.303 e. The summed E-state index contributed by atoms with van der Waals surface area (Å²) in [5.41, 5.74) is 2.10. The maximum absolute atomic E-state index is 14.4. The van der Waals surface area contributed by atoms with E-state index in [1.807, 2.05) is 6.07 Å². The Hall–Kier alpha value is -3.26. The van der Waals surface area contributed by atoms with Crippen LogP contribution >= 0.6 is 0 Å². The molecule has 3 aromatic rings. The molecule has 2 aromatic heterocycles. The number of methoxy groups -OCH3 is 1. The van der Waals surface area contributed by atoms with Gasteiger partial charge >= 0.3 is 10.2 Å². The molecule has 4 heterocycles. The van der Waals surface area contributed by atoms with E-state index in [1.165, 1.54) is 32.5 Å². The number of likely N-dealkylation sites (N-methyl/N-ethyl adjacent to an activating group) is 1. The highest BCUT2D eigenvalue weighted by molar-refractivity contribution is 7.87. The molecule has 39 heavy (non-hydrogen) atoms. The van der Waals surface area contributed by atoms with Crippen molar-refractivity contribution in [1.29, 1.82) is 0 Å². The number of amides is 1. The first-order chi connectivity index (χ1) is 18.8. The Bertz CT molecular complexity index is 1440. The molecule has 210 valence electrons. The Labute approximate surface area is 226 Å². The Balaban J connectivity index is 1.42. The number of hydrogen-bond donors (Lipinski definition) is 1. The van der Waals surface area contributed by atoms with E-state index in [9.17, 15) is 17.6 Å². The Morgan fingerprint density at radius 1 is 1.28 bits per heavy atom. The monoisotopic (exact) mass is 561 g/mol.